The number of nitrogens with one attached hydrogen (secondary N) is 1. The first-order valence-corrected chi connectivity index (χ1v) is 7.35. The molecule has 0 aliphatic heterocycles. The van der Waals surface area contributed by atoms with Gasteiger partial charge in [0, 0.05) is 6.54 Å². The van der Waals surface area contributed by atoms with Gasteiger partial charge < -0.3 is 19.6 Å². The first-order chi connectivity index (χ1) is 11.1. The van der Waals surface area contributed by atoms with Crippen molar-refractivity contribution in [3.63, 3.8) is 0 Å². The number of carboxylic acid groups (broad SMARTS) is 1. The van der Waals surface area contributed by atoms with E-state index >= 15 is 0 Å². The van der Waals surface area contributed by atoms with Crippen LogP contribution in [0.4, 0.5) is 0 Å². The van der Waals surface area contributed by atoms with Crippen LogP contribution in [-0.4, -0.2) is 30.1 Å². The maximum Gasteiger partial charge on any atom is 0.308 e. The van der Waals surface area contributed by atoms with Gasteiger partial charge in [0.1, 0.15) is 12.0 Å². The third-order valence-electron chi connectivity index (χ3n) is 3.36. The van der Waals surface area contributed by atoms with Crippen LogP contribution in [0.5, 0.6) is 5.75 Å². The molecule has 1 amide bonds. The number of benzene rings is 1. The molecule has 1 atom stereocenters. The Hall–Kier alpha value is -2.76. The minimum atomic E-state index is -0.952. The zero-order chi connectivity index (χ0) is 16.7. The summed E-state index contributed by atoms with van der Waals surface area (Å²) in [6.45, 7) is 2.53. The number of ether oxygens (including phenoxy) is 1. The number of carbonyl (C=O) groups is 2. The molecule has 2 aromatic rings. The van der Waals surface area contributed by atoms with Gasteiger partial charge in [0.15, 0.2) is 0 Å². The molecule has 1 heterocycles. The topological polar surface area (TPSA) is 88.8 Å². The molecule has 0 aliphatic carbocycles. The number of carbonyl (C=O) groups excluding carboxylic acids is 1. The highest BCUT2D eigenvalue weighted by Gasteiger charge is 2.19. The minimum absolute atomic E-state index is 0.0482. The molecule has 23 heavy (non-hydrogen) atoms. The van der Waals surface area contributed by atoms with Crippen LogP contribution in [-0.2, 0) is 11.2 Å². The van der Waals surface area contributed by atoms with Crippen molar-refractivity contribution in [2.24, 2.45) is 5.92 Å². The lowest BCUT2D eigenvalue weighted by Crippen LogP contribution is -2.33. The molecule has 6 nitrogen and oxygen atoms in total. The van der Waals surface area contributed by atoms with E-state index in [0.717, 1.165) is 11.3 Å². The van der Waals surface area contributed by atoms with E-state index in [-0.39, 0.29) is 12.5 Å². The lowest BCUT2D eigenvalue weighted by molar-refractivity contribution is -0.141. The van der Waals surface area contributed by atoms with Gasteiger partial charge in [-0.05, 0) is 37.1 Å². The Morgan fingerprint density at radius 2 is 2.00 bits per heavy atom. The van der Waals surface area contributed by atoms with Gasteiger partial charge >= 0.3 is 5.97 Å². The second-order valence-corrected chi connectivity index (χ2v) is 5.04. The van der Waals surface area contributed by atoms with Gasteiger partial charge in [-0.1, -0.05) is 12.1 Å². The molecule has 0 spiro atoms. The number of carboxylic acids is 1. The lowest BCUT2D eigenvalue weighted by Gasteiger charge is -2.13. The molecule has 6 heteroatoms. The molecule has 122 valence electrons. The summed E-state index contributed by atoms with van der Waals surface area (Å²) in [4.78, 5) is 23.2. The van der Waals surface area contributed by atoms with Gasteiger partial charge in [0.05, 0.1) is 24.4 Å². The molecule has 0 saturated carbocycles. The average molecular weight is 317 g/mol. The summed E-state index contributed by atoms with van der Waals surface area (Å²) in [5.41, 5.74) is 1.24. The molecule has 1 aromatic carbocycles. The summed E-state index contributed by atoms with van der Waals surface area (Å²) >= 11 is 0. The smallest absolute Gasteiger partial charge is 0.308 e. The van der Waals surface area contributed by atoms with E-state index in [0.29, 0.717) is 18.6 Å². The number of hydrogen-bond acceptors (Lipinski definition) is 4. The summed E-state index contributed by atoms with van der Waals surface area (Å²) < 4.78 is 10.2. The van der Waals surface area contributed by atoms with Crippen molar-refractivity contribution in [2.75, 3.05) is 13.2 Å². The Labute approximate surface area is 134 Å². The van der Waals surface area contributed by atoms with Gasteiger partial charge in [0.25, 0.3) is 5.91 Å². The monoisotopic (exact) mass is 317 g/mol. The van der Waals surface area contributed by atoms with Crippen LogP contribution >= 0.6 is 0 Å². The van der Waals surface area contributed by atoms with Crippen molar-refractivity contribution in [3.8, 4) is 5.75 Å². The Kier molecular flexibility index (Phi) is 5.80. The van der Waals surface area contributed by atoms with Crippen LogP contribution in [0.1, 0.15) is 22.8 Å². The maximum absolute atomic E-state index is 11.8. The first kappa shape index (κ1) is 16.6. The minimum Gasteiger partial charge on any atom is -0.494 e. The molecule has 1 aromatic heterocycles. The zero-order valence-corrected chi connectivity index (χ0v) is 12.8. The Morgan fingerprint density at radius 1 is 1.26 bits per heavy atom. The molecule has 0 fully saturated rings. The van der Waals surface area contributed by atoms with E-state index < -0.39 is 11.9 Å². The van der Waals surface area contributed by atoms with Gasteiger partial charge in [-0.2, -0.15) is 0 Å². The fourth-order valence-corrected chi connectivity index (χ4v) is 2.13. The highest BCUT2D eigenvalue weighted by atomic mass is 16.5. The number of furan rings is 1. The third-order valence-corrected chi connectivity index (χ3v) is 3.36. The van der Waals surface area contributed by atoms with Gasteiger partial charge in [0.2, 0.25) is 0 Å². The van der Waals surface area contributed by atoms with E-state index in [9.17, 15) is 14.7 Å². The Bertz CT molecular complexity index is 634. The third kappa shape index (κ3) is 4.88. The number of amides is 1. The summed E-state index contributed by atoms with van der Waals surface area (Å²) in [5, 5.41) is 11.9. The summed E-state index contributed by atoms with van der Waals surface area (Å²) in [6.07, 6.45) is 3.04. The Balaban J connectivity index is 1.93. The van der Waals surface area contributed by atoms with Crippen molar-refractivity contribution >= 4 is 11.9 Å². The van der Waals surface area contributed by atoms with Gasteiger partial charge in [-0.15, -0.1) is 0 Å². The maximum atomic E-state index is 11.8. The quantitative estimate of drug-likeness (QED) is 0.780. The highest BCUT2D eigenvalue weighted by Crippen LogP contribution is 2.15. The zero-order valence-electron chi connectivity index (χ0n) is 12.8. The van der Waals surface area contributed by atoms with E-state index in [4.69, 9.17) is 9.15 Å². The normalized spacial score (nSPS) is 11.7. The van der Waals surface area contributed by atoms with E-state index in [1.807, 2.05) is 31.2 Å². The van der Waals surface area contributed by atoms with Crippen LogP contribution in [0, 0.1) is 5.92 Å². The van der Waals surface area contributed by atoms with Crippen molar-refractivity contribution in [2.45, 2.75) is 13.3 Å². The van der Waals surface area contributed by atoms with E-state index in [1.165, 1.54) is 18.6 Å². The fourth-order valence-electron chi connectivity index (χ4n) is 2.13. The molecule has 0 bridgehead atoms. The molecule has 2 N–H and O–H groups in total. The average Bonchev–Trinajstić information content (AvgIpc) is 3.07. The van der Waals surface area contributed by atoms with Crippen LogP contribution in [0.3, 0.4) is 0 Å². The molecule has 2 rings (SSSR count). The molecule has 0 saturated heterocycles. The summed E-state index contributed by atoms with van der Waals surface area (Å²) in [7, 11) is 0. The molecular weight excluding hydrogens is 298 g/mol. The van der Waals surface area contributed by atoms with Crippen molar-refractivity contribution in [3.05, 3.63) is 54.0 Å². The van der Waals surface area contributed by atoms with Crippen molar-refractivity contribution in [1.29, 1.82) is 0 Å². The van der Waals surface area contributed by atoms with Crippen LogP contribution in [0.2, 0.25) is 0 Å². The first-order valence-electron chi connectivity index (χ1n) is 7.35. The van der Waals surface area contributed by atoms with Crippen LogP contribution in [0.15, 0.2) is 47.3 Å². The SMILES string of the molecule is CCOc1ccc(CC(CNC(=O)c2ccoc2)C(=O)O)cc1. The van der Waals surface area contributed by atoms with Crippen LogP contribution in [0.25, 0.3) is 0 Å². The molecule has 1 unspecified atom stereocenters. The number of hydrogen-bond donors (Lipinski definition) is 2. The molecule has 0 radical (unpaired) electrons. The van der Waals surface area contributed by atoms with Gasteiger partial charge in [-0.25, -0.2) is 0 Å². The van der Waals surface area contributed by atoms with E-state index in [2.05, 4.69) is 5.32 Å². The predicted octanol–water partition coefficient (Wildman–Crippen LogP) is 2.35. The van der Waals surface area contributed by atoms with Crippen LogP contribution < -0.4 is 10.1 Å². The van der Waals surface area contributed by atoms with Gasteiger partial charge in [-0.3, -0.25) is 9.59 Å². The highest BCUT2D eigenvalue weighted by molar-refractivity contribution is 5.93. The van der Waals surface area contributed by atoms with Crippen molar-refractivity contribution in [1.82, 2.24) is 5.32 Å². The molecular formula is C17H19NO5. The fraction of sp³-hybridized carbons (Fsp3) is 0.294. The molecule has 0 aliphatic rings. The summed E-state index contributed by atoms with van der Waals surface area (Å²) in [6, 6.07) is 8.80. The largest absolute Gasteiger partial charge is 0.494 e. The number of aliphatic carboxylic acids is 1. The lowest BCUT2D eigenvalue weighted by atomic mass is 9.99. The second-order valence-electron chi connectivity index (χ2n) is 5.04. The predicted molar refractivity (Wildman–Crippen MR) is 83.5 cm³/mol. The van der Waals surface area contributed by atoms with E-state index in [1.54, 1.807) is 0 Å². The standard InChI is InChI=1S/C17H19NO5/c1-2-23-15-5-3-12(4-6-15)9-14(17(20)21)10-18-16(19)13-7-8-22-11-13/h3-8,11,14H,2,9-10H2,1H3,(H,18,19)(H,20,21). The Morgan fingerprint density at radius 3 is 2.57 bits per heavy atom. The number of rotatable bonds is 8. The second kappa shape index (κ2) is 8.03. The summed E-state index contributed by atoms with van der Waals surface area (Å²) in [5.74, 6) is -1.26. The van der Waals surface area contributed by atoms with Crippen molar-refractivity contribution < 1.29 is 23.8 Å².